The molecule has 0 aromatic heterocycles. The fourth-order valence-corrected chi connectivity index (χ4v) is 4.33. The Bertz CT molecular complexity index is 429. The van der Waals surface area contributed by atoms with Gasteiger partial charge >= 0.3 is 0 Å². The molecule has 4 nitrogen and oxygen atoms in total. The fraction of sp³-hybridized carbons (Fsp3) is 0.786. The number of fused-ring (bicyclic) bond motifs is 1. The van der Waals surface area contributed by atoms with E-state index in [-0.39, 0.29) is 24.4 Å². The highest BCUT2D eigenvalue weighted by molar-refractivity contribution is 9.11. The van der Waals surface area contributed by atoms with E-state index in [1.165, 1.54) is 0 Å². The molecule has 4 atom stereocenters. The number of hydrogen-bond acceptors (Lipinski definition) is 4. The topological polar surface area (TPSA) is 59.1 Å². The quantitative estimate of drug-likeness (QED) is 0.616. The lowest BCUT2D eigenvalue weighted by Gasteiger charge is -2.49. The van der Waals surface area contributed by atoms with Gasteiger partial charge in [0.2, 0.25) is 0 Å². The minimum atomic E-state index is -0.919. The molecule has 1 saturated carbocycles. The number of ether oxygens (including phenoxy) is 2. The average Bonchev–Trinajstić information content (AvgIpc) is 3.19. The minimum Gasteiger partial charge on any atom is -0.395 e. The Labute approximate surface area is 121 Å². The summed E-state index contributed by atoms with van der Waals surface area (Å²) >= 11 is 3.54. The van der Waals surface area contributed by atoms with Crippen LogP contribution in [0.1, 0.15) is 26.2 Å². The fourth-order valence-electron chi connectivity index (χ4n) is 3.37. The molecular formula is C14H19BrO4. The van der Waals surface area contributed by atoms with Crippen LogP contribution in [-0.4, -0.2) is 42.4 Å². The Hall–Kier alpha value is -0.230. The average molecular weight is 331 g/mol. The van der Waals surface area contributed by atoms with Crippen molar-refractivity contribution in [2.24, 2.45) is 11.3 Å². The summed E-state index contributed by atoms with van der Waals surface area (Å²) < 4.78 is 12.3. The molecule has 1 saturated heterocycles. The van der Waals surface area contributed by atoms with E-state index < -0.39 is 11.0 Å². The monoisotopic (exact) mass is 330 g/mol. The number of epoxide rings is 1. The third-order valence-corrected chi connectivity index (χ3v) is 5.44. The Balaban J connectivity index is 1.89. The van der Waals surface area contributed by atoms with Crippen LogP contribution >= 0.6 is 15.9 Å². The molecule has 1 aliphatic heterocycles. The van der Waals surface area contributed by atoms with Crippen molar-refractivity contribution in [1.29, 1.82) is 0 Å². The number of carbonyl (C=O) groups excluding carboxylic acids is 1. The molecule has 0 radical (unpaired) electrons. The first-order valence-corrected chi connectivity index (χ1v) is 7.69. The van der Waals surface area contributed by atoms with E-state index in [0.717, 1.165) is 23.7 Å². The predicted octanol–water partition coefficient (Wildman–Crippen LogP) is 1.80. The lowest BCUT2D eigenvalue weighted by molar-refractivity contribution is -0.158. The van der Waals surface area contributed by atoms with Crippen LogP contribution in [0.25, 0.3) is 0 Å². The van der Waals surface area contributed by atoms with E-state index in [2.05, 4.69) is 22.9 Å². The van der Waals surface area contributed by atoms with Crippen LogP contribution in [-0.2, 0) is 14.3 Å². The second-order valence-electron chi connectivity index (χ2n) is 5.74. The summed E-state index contributed by atoms with van der Waals surface area (Å²) in [4.78, 5) is 12.7. The van der Waals surface area contributed by atoms with Gasteiger partial charge in [-0.05, 0) is 17.3 Å². The molecular weight excluding hydrogens is 312 g/mol. The molecule has 1 heterocycles. The van der Waals surface area contributed by atoms with E-state index >= 15 is 0 Å². The molecule has 2 fully saturated rings. The molecule has 1 N–H and O–H groups in total. The summed E-state index contributed by atoms with van der Waals surface area (Å²) in [6.07, 6.45) is 4.41. The zero-order valence-corrected chi connectivity index (χ0v) is 12.6. The molecule has 1 spiro atoms. The van der Waals surface area contributed by atoms with Gasteiger partial charge in [0.05, 0.1) is 19.3 Å². The lowest BCUT2D eigenvalue weighted by Crippen LogP contribution is -2.62. The number of aliphatic hydroxyl groups excluding tert-OH is 1. The van der Waals surface area contributed by atoms with Crippen molar-refractivity contribution in [3.8, 4) is 0 Å². The number of halogens is 1. The molecule has 4 aliphatic rings. The largest absolute Gasteiger partial charge is 0.395 e. The van der Waals surface area contributed by atoms with Gasteiger partial charge in [0.1, 0.15) is 5.41 Å². The van der Waals surface area contributed by atoms with Gasteiger partial charge in [-0.1, -0.05) is 35.4 Å². The number of Topliss-reactive ketones (excluding diaryl/α,β-unsaturated/α-hetero) is 1. The van der Waals surface area contributed by atoms with E-state index in [1.54, 1.807) is 0 Å². The summed E-state index contributed by atoms with van der Waals surface area (Å²) in [5.41, 5.74) is -1.60. The SMILES string of the molecule is CCCCOC1CC2C(Br)=CC1(CO)C(=O)C21CO1. The maximum atomic E-state index is 12.7. The van der Waals surface area contributed by atoms with Crippen molar-refractivity contribution in [3.63, 3.8) is 0 Å². The highest BCUT2D eigenvalue weighted by atomic mass is 79.9. The van der Waals surface area contributed by atoms with E-state index in [0.29, 0.717) is 13.2 Å². The van der Waals surface area contributed by atoms with Crippen molar-refractivity contribution in [2.75, 3.05) is 19.8 Å². The Morgan fingerprint density at radius 3 is 2.95 bits per heavy atom. The van der Waals surface area contributed by atoms with Crippen LogP contribution in [0.5, 0.6) is 0 Å². The van der Waals surface area contributed by atoms with Crippen molar-refractivity contribution in [3.05, 3.63) is 10.6 Å². The summed E-state index contributed by atoms with van der Waals surface area (Å²) in [6, 6.07) is 0. The summed E-state index contributed by atoms with van der Waals surface area (Å²) in [5.74, 6) is 0.0588. The highest BCUT2D eigenvalue weighted by Gasteiger charge is 2.71. The molecule has 2 bridgehead atoms. The molecule has 0 amide bonds. The molecule has 0 aromatic rings. The maximum Gasteiger partial charge on any atom is 0.182 e. The summed E-state index contributed by atoms with van der Waals surface area (Å²) in [5, 5.41) is 9.82. The standard InChI is InChI=1S/C14H19BrO4/c1-2-3-4-18-11-5-9-10(15)6-13(11,7-16)12(17)14(9)8-19-14/h6,9,11,16H,2-5,7-8H2,1H3. The van der Waals surface area contributed by atoms with E-state index in [4.69, 9.17) is 9.47 Å². The molecule has 0 aromatic carbocycles. The smallest absolute Gasteiger partial charge is 0.182 e. The molecule has 3 aliphatic carbocycles. The van der Waals surface area contributed by atoms with Crippen molar-refractivity contribution >= 4 is 21.7 Å². The molecule has 19 heavy (non-hydrogen) atoms. The number of ketones is 1. The Morgan fingerprint density at radius 2 is 2.37 bits per heavy atom. The number of hydrogen-bond donors (Lipinski definition) is 1. The van der Waals surface area contributed by atoms with Crippen LogP contribution < -0.4 is 0 Å². The number of unbranched alkanes of at least 4 members (excludes halogenated alkanes) is 1. The summed E-state index contributed by atoms with van der Waals surface area (Å²) in [7, 11) is 0. The Morgan fingerprint density at radius 1 is 1.63 bits per heavy atom. The predicted molar refractivity (Wildman–Crippen MR) is 73.0 cm³/mol. The number of carbonyl (C=O) groups is 1. The molecule has 5 heteroatoms. The van der Waals surface area contributed by atoms with Crippen LogP contribution in [0, 0.1) is 11.3 Å². The zero-order valence-electron chi connectivity index (χ0n) is 11.0. The van der Waals surface area contributed by atoms with Crippen LogP contribution in [0.15, 0.2) is 10.6 Å². The van der Waals surface area contributed by atoms with Crippen molar-refractivity contribution < 1.29 is 19.4 Å². The zero-order chi connectivity index (χ0) is 13.7. The Kier molecular flexibility index (Phi) is 3.37. The van der Waals surface area contributed by atoms with Crippen LogP contribution in [0.4, 0.5) is 0 Å². The van der Waals surface area contributed by atoms with Gasteiger partial charge in [-0.25, -0.2) is 0 Å². The maximum absolute atomic E-state index is 12.7. The van der Waals surface area contributed by atoms with Gasteiger partial charge in [0.25, 0.3) is 0 Å². The van der Waals surface area contributed by atoms with Gasteiger partial charge in [0.15, 0.2) is 11.4 Å². The first-order valence-electron chi connectivity index (χ1n) is 6.90. The van der Waals surface area contributed by atoms with Gasteiger partial charge in [0, 0.05) is 12.5 Å². The third kappa shape index (κ3) is 1.78. The van der Waals surface area contributed by atoms with Gasteiger partial charge in [-0.3, -0.25) is 4.79 Å². The lowest BCUT2D eigenvalue weighted by atomic mass is 9.58. The van der Waals surface area contributed by atoms with Crippen molar-refractivity contribution in [1.82, 2.24) is 0 Å². The number of aliphatic hydroxyl groups is 1. The molecule has 4 rings (SSSR count). The highest BCUT2D eigenvalue weighted by Crippen LogP contribution is 2.59. The van der Waals surface area contributed by atoms with Crippen molar-refractivity contribution in [2.45, 2.75) is 37.9 Å². The van der Waals surface area contributed by atoms with E-state index in [9.17, 15) is 9.90 Å². The molecule has 106 valence electrons. The van der Waals surface area contributed by atoms with Gasteiger partial charge in [-0.15, -0.1) is 0 Å². The van der Waals surface area contributed by atoms with E-state index in [1.807, 2.05) is 6.08 Å². The van der Waals surface area contributed by atoms with Gasteiger partial charge in [-0.2, -0.15) is 0 Å². The summed E-state index contributed by atoms with van der Waals surface area (Å²) in [6.45, 7) is 3.01. The van der Waals surface area contributed by atoms with Crippen LogP contribution in [0.3, 0.4) is 0 Å². The molecule has 4 unspecified atom stereocenters. The number of rotatable bonds is 5. The van der Waals surface area contributed by atoms with Gasteiger partial charge < -0.3 is 14.6 Å². The first-order chi connectivity index (χ1) is 9.10. The normalized spacial score (nSPS) is 43.7. The second-order valence-corrected chi connectivity index (χ2v) is 6.65. The second kappa shape index (κ2) is 4.65. The minimum absolute atomic E-state index is 0.00319. The first kappa shape index (κ1) is 13.7. The van der Waals surface area contributed by atoms with Crippen LogP contribution in [0.2, 0.25) is 0 Å². The third-order valence-electron chi connectivity index (χ3n) is 4.66.